The number of hydrogen-bond donors (Lipinski definition) is 1. The van der Waals surface area contributed by atoms with E-state index in [4.69, 9.17) is 4.74 Å². The molecule has 0 aliphatic heterocycles. The summed E-state index contributed by atoms with van der Waals surface area (Å²) in [4.78, 5) is 24.8. The molecule has 0 bridgehead atoms. The standard InChI is InChI=1S/C15H19BrFNO4/c1-14(2,3)22-13(21)18(5)15(4,12(19)20)10-7-6-9(16)8-11(10)17/h6-8H,1-5H3,(H,19,20). The van der Waals surface area contributed by atoms with Gasteiger partial charge in [0.1, 0.15) is 11.4 Å². The predicted molar refractivity (Wildman–Crippen MR) is 83.1 cm³/mol. The van der Waals surface area contributed by atoms with Gasteiger partial charge in [0.25, 0.3) is 0 Å². The van der Waals surface area contributed by atoms with Gasteiger partial charge in [-0.1, -0.05) is 22.0 Å². The van der Waals surface area contributed by atoms with Crippen molar-refractivity contribution in [2.24, 2.45) is 0 Å². The molecule has 1 unspecified atom stereocenters. The molecule has 0 radical (unpaired) electrons. The van der Waals surface area contributed by atoms with Crippen LogP contribution >= 0.6 is 15.9 Å². The second kappa shape index (κ2) is 6.24. The first kappa shape index (κ1) is 18.4. The number of rotatable bonds is 3. The number of hydrogen-bond acceptors (Lipinski definition) is 3. The largest absolute Gasteiger partial charge is 0.479 e. The van der Waals surface area contributed by atoms with Gasteiger partial charge in [-0.3, -0.25) is 4.90 Å². The van der Waals surface area contributed by atoms with Crippen LogP contribution in [-0.4, -0.2) is 34.7 Å². The van der Waals surface area contributed by atoms with Crippen molar-refractivity contribution in [2.45, 2.75) is 38.8 Å². The number of carbonyl (C=O) groups is 2. The fraction of sp³-hybridized carbons (Fsp3) is 0.467. The van der Waals surface area contributed by atoms with Crippen molar-refractivity contribution in [2.75, 3.05) is 7.05 Å². The lowest BCUT2D eigenvalue weighted by molar-refractivity contribution is -0.150. The zero-order valence-corrected chi connectivity index (χ0v) is 14.7. The van der Waals surface area contributed by atoms with Gasteiger partial charge < -0.3 is 9.84 Å². The summed E-state index contributed by atoms with van der Waals surface area (Å²) >= 11 is 3.11. The van der Waals surface area contributed by atoms with Crippen LogP contribution in [0.15, 0.2) is 22.7 Å². The highest BCUT2D eigenvalue weighted by Crippen LogP contribution is 2.32. The Bertz CT molecular complexity index is 600. The van der Waals surface area contributed by atoms with Crippen LogP contribution < -0.4 is 0 Å². The summed E-state index contributed by atoms with van der Waals surface area (Å²) in [5, 5.41) is 9.57. The maximum Gasteiger partial charge on any atom is 0.411 e. The lowest BCUT2D eigenvalue weighted by Crippen LogP contribution is -2.52. The van der Waals surface area contributed by atoms with Crippen LogP contribution in [0.3, 0.4) is 0 Å². The zero-order chi connectivity index (χ0) is 17.3. The monoisotopic (exact) mass is 375 g/mol. The minimum Gasteiger partial charge on any atom is -0.479 e. The fourth-order valence-corrected chi connectivity index (χ4v) is 2.17. The molecule has 0 aromatic heterocycles. The van der Waals surface area contributed by atoms with E-state index in [1.165, 1.54) is 26.1 Å². The molecule has 7 heteroatoms. The molecular formula is C15H19BrFNO4. The Morgan fingerprint density at radius 1 is 1.27 bits per heavy atom. The number of aliphatic carboxylic acids is 1. The molecule has 1 rings (SSSR count). The Labute approximate surface area is 137 Å². The number of likely N-dealkylation sites (N-methyl/N-ethyl adjacent to an activating group) is 1. The zero-order valence-electron chi connectivity index (χ0n) is 13.1. The van der Waals surface area contributed by atoms with E-state index in [0.717, 1.165) is 11.0 Å². The molecule has 0 aliphatic carbocycles. The van der Waals surface area contributed by atoms with Crippen LogP contribution in [0.25, 0.3) is 0 Å². The molecule has 1 aromatic carbocycles. The predicted octanol–water partition coefficient (Wildman–Crippen LogP) is 3.75. The quantitative estimate of drug-likeness (QED) is 0.873. The Balaban J connectivity index is 3.32. The smallest absolute Gasteiger partial charge is 0.411 e. The van der Waals surface area contributed by atoms with E-state index in [0.29, 0.717) is 4.47 Å². The summed E-state index contributed by atoms with van der Waals surface area (Å²) in [5.74, 6) is -2.09. The van der Waals surface area contributed by atoms with E-state index < -0.39 is 29.0 Å². The lowest BCUT2D eigenvalue weighted by atomic mass is 9.90. The molecule has 5 nitrogen and oxygen atoms in total. The average Bonchev–Trinajstić information content (AvgIpc) is 2.34. The number of amides is 1. The molecule has 0 heterocycles. The fourth-order valence-electron chi connectivity index (χ4n) is 1.84. The SMILES string of the molecule is CN(C(=O)OC(C)(C)C)C(C)(C(=O)O)c1ccc(Br)cc1F. The van der Waals surface area contributed by atoms with Crippen molar-refractivity contribution >= 4 is 28.0 Å². The van der Waals surface area contributed by atoms with Crippen LogP contribution in [-0.2, 0) is 15.1 Å². The maximum absolute atomic E-state index is 14.2. The van der Waals surface area contributed by atoms with Crippen LogP contribution in [0.1, 0.15) is 33.3 Å². The summed E-state index contributed by atoms with van der Waals surface area (Å²) in [6, 6.07) is 4.00. The van der Waals surface area contributed by atoms with Crippen molar-refractivity contribution in [1.82, 2.24) is 4.90 Å². The van der Waals surface area contributed by atoms with Gasteiger partial charge in [0.05, 0.1) is 0 Å². The minimum absolute atomic E-state index is 0.128. The van der Waals surface area contributed by atoms with Gasteiger partial charge in [0, 0.05) is 17.1 Å². The number of benzene rings is 1. The molecule has 22 heavy (non-hydrogen) atoms. The Kier molecular flexibility index (Phi) is 5.22. The van der Waals surface area contributed by atoms with E-state index in [1.54, 1.807) is 20.8 Å². The highest BCUT2D eigenvalue weighted by atomic mass is 79.9. The molecule has 1 atom stereocenters. The number of carboxylic acid groups (broad SMARTS) is 1. The van der Waals surface area contributed by atoms with Gasteiger partial charge in [-0.05, 0) is 39.8 Å². The first-order valence-corrected chi connectivity index (χ1v) is 7.34. The van der Waals surface area contributed by atoms with Crippen molar-refractivity contribution in [3.63, 3.8) is 0 Å². The third kappa shape index (κ3) is 3.76. The van der Waals surface area contributed by atoms with Crippen LogP contribution in [0.5, 0.6) is 0 Å². The van der Waals surface area contributed by atoms with Crippen molar-refractivity contribution < 1.29 is 23.8 Å². The Morgan fingerprint density at radius 2 is 1.82 bits per heavy atom. The lowest BCUT2D eigenvalue weighted by Gasteiger charge is -2.36. The van der Waals surface area contributed by atoms with E-state index in [9.17, 15) is 19.1 Å². The summed E-state index contributed by atoms with van der Waals surface area (Å²) in [6.07, 6.45) is -0.847. The summed E-state index contributed by atoms with van der Waals surface area (Å²) in [7, 11) is 1.27. The average molecular weight is 376 g/mol. The van der Waals surface area contributed by atoms with Gasteiger partial charge in [-0.2, -0.15) is 0 Å². The van der Waals surface area contributed by atoms with E-state index in [1.807, 2.05) is 0 Å². The van der Waals surface area contributed by atoms with Crippen LogP contribution in [0, 0.1) is 5.82 Å². The normalized spacial score (nSPS) is 14.1. The van der Waals surface area contributed by atoms with Crippen molar-refractivity contribution in [3.05, 3.63) is 34.1 Å². The summed E-state index contributed by atoms with van der Waals surface area (Å²) in [5.41, 5.74) is -2.81. The molecule has 1 N–H and O–H groups in total. The van der Waals surface area contributed by atoms with Gasteiger partial charge >= 0.3 is 12.1 Å². The topological polar surface area (TPSA) is 66.8 Å². The maximum atomic E-state index is 14.2. The Morgan fingerprint density at radius 3 is 2.23 bits per heavy atom. The molecule has 0 saturated carbocycles. The molecule has 0 spiro atoms. The Hall–Kier alpha value is -1.63. The van der Waals surface area contributed by atoms with Gasteiger partial charge in [0.15, 0.2) is 5.54 Å². The van der Waals surface area contributed by atoms with Crippen LogP contribution in [0.2, 0.25) is 0 Å². The molecule has 1 aromatic rings. The third-order valence-electron chi connectivity index (χ3n) is 3.21. The second-order valence-corrected chi connectivity index (χ2v) is 6.96. The number of carboxylic acids is 1. The number of halogens is 2. The summed E-state index contributed by atoms with van der Waals surface area (Å²) in [6.45, 7) is 6.25. The number of ether oxygens (including phenoxy) is 1. The minimum atomic E-state index is -1.90. The van der Waals surface area contributed by atoms with E-state index >= 15 is 0 Å². The highest BCUT2D eigenvalue weighted by molar-refractivity contribution is 9.10. The molecular weight excluding hydrogens is 357 g/mol. The molecule has 0 saturated heterocycles. The van der Waals surface area contributed by atoms with Gasteiger partial charge in [-0.15, -0.1) is 0 Å². The van der Waals surface area contributed by atoms with Crippen LogP contribution in [0.4, 0.5) is 9.18 Å². The van der Waals surface area contributed by atoms with Crippen molar-refractivity contribution in [1.29, 1.82) is 0 Å². The molecule has 0 aliphatic rings. The molecule has 0 fully saturated rings. The highest BCUT2D eigenvalue weighted by Gasteiger charge is 2.45. The second-order valence-electron chi connectivity index (χ2n) is 6.04. The van der Waals surface area contributed by atoms with E-state index in [-0.39, 0.29) is 5.56 Å². The summed E-state index contributed by atoms with van der Waals surface area (Å²) < 4.78 is 19.8. The number of carbonyl (C=O) groups excluding carboxylic acids is 1. The molecule has 1 amide bonds. The number of nitrogens with zero attached hydrogens (tertiary/aromatic N) is 1. The van der Waals surface area contributed by atoms with Gasteiger partial charge in [0.2, 0.25) is 0 Å². The first-order chi connectivity index (χ1) is 9.89. The van der Waals surface area contributed by atoms with Gasteiger partial charge in [-0.25, -0.2) is 14.0 Å². The first-order valence-electron chi connectivity index (χ1n) is 6.55. The van der Waals surface area contributed by atoms with E-state index in [2.05, 4.69) is 15.9 Å². The molecule has 122 valence electrons. The van der Waals surface area contributed by atoms with Crippen molar-refractivity contribution in [3.8, 4) is 0 Å². The third-order valence-corrected chi connectivity index (χ3v) is 3.70.